The van der Waals surface area contributed by atoms with Crippen LogP contribution in [0.1, 0.15) is 31.2 Å². The summed E-state index contributed by atoms with van der Waals surface area (Å²) >= 11 is 9.26. The van der Waals surface area contributed by atoms with Crippen molar-refractivity contribution in [1.82, 2.24) is 5.32 Å². The van der Waals surface area contributed by atoms with E-state index in [-0.39, 0.29) is 11.4 Å². The molecule has 0 aromatic heterocycles. The zero-order chi connectivity index (χ0) is 12.3. The first kappa shape index (κ1) is 13.3. The van der Waals surface area contributed by atoms with Crippen molar-refractivity contribution in [1.29, 1.82) is 0 Å². The van der Waals surface area contributed by atoms with Gasteiger partial charge in [0.15, 0.2) is 0 Å². The molecule has 0 heterocycles. The molecule has 1 saturated carbocycles. The lowest BCUT2D eigenvalue weighted by atomic mass is 10.00. The molecular formula is C13H16BrClFN. The van der Waals surface area contributed by atoms with Gasteiger partial charge < -0.3 is 5.32 Å². The molecule has 0 aliphatic heterocycles. The van der Waals surface area contributed by atoms with Crippen molar-refractivity contribution >= 4 is 27.5 Å². The Hall–Kier alpha value is -0.120. The van der Waals surface area contributed by atoms with Crippen LogP contribution in [0.5, 0.6) is 0 Å². The van der Waals surface area contributed by atoms with Gasteiger partial charge >= 0.3 is 0 Å². The fourth-order valence-corrected chi connectivity index (χ4v) is 3.14. The van der Waals surface area contributed by atoms with Gasteiger partial charge in [-0.3, -0.25) is 0 Å². The Morgan fingerprint density at radius 1 is 1.35 bits per heavy atom. The summed E-state index contributed by atoms with van der Waals surface area (Å²) in [5.41, 5.74) is 1.16. The van der Waals surface area contributed by atoms with Crippen LogP contribution in [-0.4, -0.2) is 11.4 Å². The molecule has 0 spiro atoms. The maximum Gasteiger partial charge on any atom is 0.137 e. The molecule has 1 aliphatic rings. The summed E-state index contributed by atoms with van der Waals surface area (Å²) < 4.78 is 13.6. The fourth-order valence-electron chi connectivity index (χ4n) is 2.35. The summed E-state index contributed by atoms with van der Waals surface area (Å²) in [7, 11) is 0. The van der Waals surface area contributed by atoms with Crippen molar-refractivity contribution < 1.29 is 4.39 Å². The highest BCUT2D eigenvalue weighted by atomic mass is 79.9. The van der Waals surface area contributed by atoms with Crippen molar-refractivity contribution in [3.63, 3.8) is 0 Å². The monoisotopic (exact) mass is 319 g/mol. The van der Waals surface area contributed by atoms with Crippen LogP contribution in [0.4, 0.5) is 4.39 Å². The summed E-state index contributed by atoms with van der Waals surface area (Å²) in [4.78, 5) is 0. The second-order valence-corrected chi connectivity index (χ2v) is 5.84. The fraction of sp³-hybridized carbons (Fsp3) is 0.538. The van der Waals surface area contributed by atoms with Gasteiger partial charge in [-0.15, -0.1) is 11.6 Å². The van der Waals surface area contributed by atoms with E-state index in [9.17, 15) is 4.39 Å². The van der Waals surface area contributed by atoms with E-state index in [0.717, 1.165) is 24.9 Å². The highest BCUT2D eigenvalue weighted by Crippen LogP contribution is 2.31. The predicted octanol–water partition coefficient (Wildman–Crippen LogP) is 4.23. The van der Waals surface area contributed by atoms with Crippen LogP contribution >= 0.6 is 27.5 Å². The van der Waals surface area contributed by atoms with Crippen LogP contribution < -0.4 is 5.32 Å². The first-order chi connectivity index (χ1) is 8.15. The highest BCUT2D eigenvalue weighted by Gasteiger charge is 2.32. The van der Waals surface area contributed by atoms with Crippen molar-refractivity contribution in [2.45, 2.75) is 37.8 Å². The number of rotatable bonds is 4. The molecule has 0 atom stereocenters. The molecule has 0 bridgehead atoms. The summed E-state index contributed by atoms with van der Waals surface area (Å²) in [6.07, 6.45) is 4.76. The second-order valence-electron chi connectivity index (χ2n) is 4.72. The normalized spacial score (nSPS) is 18.5. The Balaban J connectivity index is 1.99. The molecule has 4 heteroatoms. The van der Waals surface area contributed by atoms with Crippen LogP contribution in [0.15, 0.2) is 22.7 Å². The van der Waals surface area contributed by atoms with E-state index in [2.05, 4.69) is 21.2 Å². The maximum absolute atomic E-state index is 13.1. The zero-order valence-corrected chi connectivity index (χ0v) is 12.0. The number of hydrogen-bond donors (Lipinski definition) is 1. The quantitative estimate of drug-likeness (QED) is 0.819. The Morgan fingerprint density at radius 3 is 2.65 bits per heavy atom. The van der Waals surface area contributed by atoms with Crippen LogP contribution in [0.3, 0.4) is 0 Å². The van der Waals surface area contributed by atoms with Gasteiger partial charge in [-0.2, -0.15) is 0 Å². The van der Waals surface area contributed by atoms with Gasteiger partial charge in [0.2, 0.25) is 0 Å². The second kappa shape index (κ2) is 5.68. The molecule has 1 fully saturated rings. The van der Waals surface area contributed by atoms with Crippen molar-refractivity contribution in [2.24, 2.45) is 0 Å². The Morgan fingerprint density at radius 2 is 2.06 bits per heavy atom. The third kappa shape index (κ3) is 3.21. The van der Waals surface area contributed by atoms with E-state index < -0.39 is 0 Å². The van der Waals surface area contributed by atoms with E-state index in [1.807, 2.05) is 12.1 Å². The van der Waals surface area contributed by atoms with Gasteiger partial charge in [0.05, 0.1) is 4.47 Å². The number of halogens is 3. The summed E-state index contributed by atoms with van der Waals surface area (Å²) in [5, 5.41) is 3.53. The minimum atomic E-state index is -0.221. The lowest BCUT2D eigenvalue weighted by molar-refractivity contribution is 0.368. The molecule has 0 amide bonds. The van der Waals surface area contributed by atoms with E-state index in [1.165, 1.54) is 18.9 Å². The molecule has 1 N–H and O–H groups in total. The van der Waals surface area contributed by atoms with E-state index >= 15 is 0 Å². The zero-order valence-electron chi connectivity index (χ0n) is 9.61. The Kier molecular flexibility index (Phi) is 4.45. The van der Waals surface area contributed by atoms with Crippen LogP contribution in [-0.2, 0) is 6.54 Å². The largest absolute Gasteiger partial charge is 0.306 e. The van der Waals surface area contributed by atoms with Crippen LogP contribution in [0.2, 0.25) is 0 Å². The van der Waals surface area contributed by atoms with Gasteiger partial charge in [-0.05, 0) is 46.5 Å². The Labute approximate surface area is 115 Å². The topological polar surface area (TPSA) is 12.0 Å². The van der Waals surface area contributed by atoms with E-state index in [0.29, 0.717) is 10.4 Å². The molecule has 94 valence electrons. The van der Waals surface area contributed by atoms with Crippen molar-refractivity contribution in [2.75, 3.05) is 5.88 Å². The summed E-state index contributed by atoms with van der Waals surface area (Å²) in [6, 6.07) is 5.12. The van der Waals surface area contributed by atoms with Gasteiger partial charge in [-0.1, -0.05) is 18.9 Å². The highest BCUT2D eigenvalue weighted by molar-refractivity contribution is 9.10. The molecule has 0 unspecified atom stereocenters. The molecule has 1 aliphatic carbocycles. The lowest BCUT2D eigenvalue weighted by Crippen LogP contribution is -2.43. The van der Waals surface area contributed by atoms with Crippen molar-refractivity contribution in [3.8, 4) is 0 Å². The molecule has 0 radical (unpaired) electrons. The Bertz CT molecular complexity index is 391. The number of hydrogen-bond acceptors (Lipinski definition) is 1. The molecular weight excluding hydrogens is 305 g/mol. The molecule has 0 saturated heterocycles. The smallest absolute Gasteiger partial charge is 0.137 e. The number of benzene rings is 1. The first-order valence-corrected chi connectivity index (χ1v) is 7.23. The third-order valence-electron chi connectivity index (χ3n) is 3.47. The SMILES string of the molecule is Fc1ccc(CNC2(CCl)CCCC2)cc1Br. The number of nitrogens with one attached hydrogen (secondary N) is 1. The molecule has 1 aromatic carbocycles. The molecule has 2 rings (SSSR count). The summed E-state index contributed by atoms with van der Waals surface area (Å²) in [5.74, 6) is 0.428. The average molecular weight is 321 g/mol. The van der Waals surface area contributed by atoms with E-state index in [4.69, 9.17) is 11.6 Å². The maximum atomic E-state index is 13.1. The molecule has 1 aromatic rings. The third-order valence-corrected chi connectivity index (χ3v) is 4.59. The summed E-state index contributed by atoms with van der Waals surface area (Å²) in [6.45, 7) is 0.742. The minimum absolute atomic E-state index is 0.0857. The predicted molar refractivity (Wildman–Crippen MR) is 72.9 cm³/mol. The van der Waals surface area contributed by atoms with E-state index in [1.54, 1.807) is 0 Å². The molecule has 17 heavy (non-hydrogen) atoms. The molecule has 1 nitrogen and oxygen atoms in total. The standard InChI is InChI=1S/C13H16BrClFN/c14-11-7-10(3-4-12(11)16)8-17-13(9-15)5-1-2-6-13/h3-4,7,17H,1-2,5-6,8-9H2. The van der Waals surface area contributed by atoms with Gasteiger partial charge in [-0.25, -0.2) is 4.39 Å². The minimum Gasteiger partial charge on any atom is -0.306 e. The van der Waals surface area contributed by atoms with Gasteiger partial charge in [0.25, 0.3) is 0 Å². The lowest BCUT2D eigenvalue weighted by Gasteiger charge is -2.28. The first-order valence-electron chi connectivity index (χ1n) is 5.90. The van der Waals surface area contributed by atoms with Crippen LogP contribution in [0, 0.1) is 5.82 Å². The van der Waals surface area contributed by atoms with Crippen LogP contribution in [0.25, 0.3) is 0 Å². The number of alkyl halides is 1. The van der Waals surface area contributed by atoms with Gasteiger partial charge in [0, 0.05) is 18.0 Å². The van der Waals surface area contributed by atoms with Crippen molar-refractivity contribution in [3.05, 3.63) is 34.1 Å². The van der Waals surface area contributed by atoms with Gasteiger partial charge in [0.1, 0.15) is 5.82 Å². The average Bonchev–Trinajstić information content (AvgIpc) is 2.80.